The summed E-state index contributed by atoms with van der Waals surface area (Å²) >= 11 is 5.16. The van der Waals surface area contributed by atoms with Crippen molar-refractivity contribution in [2.75, 3.05) is 0 Å². The number of aromatic nitrogens is 4. The Kier molecular flexibility index (Phi) is 3.33. The molecule has 0 aliphatic rings. The predicted molar refractivity (Wildman–Crippen MR) is 83.2 cm³/mol. The SMILES string of the molecule is CC(C)c1cc(-c2n[nH]c(=S)n2C)c2cc(F)ccc2n1. The molecule has 1 N–H and O–H groups in total. The molecule has 108 valence electrons. The van der Waals surface area contributed by atoms with Gasteiger partial charge in [-0.05, 0) is 42.4 Å². The van der Waals surface area contributed by atoms with Crippen LogP contribution in [0.25, 0.3) is 22.3 Å². The van der Waals surface area contributed by atoms with Gasteiger partial charge in [-0.25, -0.2) is 4.39 Å². The minimum atomic E-state index is -0.292. The summed E-state index contributed by atoms with van der Waals surface area (Å²) in [7, 11) is 1.84. The van der Waals surface area contributed by atoms with Gasteiger partial charge >= 0.3 is 0 Å². The molecule has 6 heteroatoms. The van der Waals surface area contributed by atoms with Crippen molar-refractivity contribution in [2.45, 2.75) is 19.8 Å². The van der Waals surface area contributed by atoms with E-state index in [4.69, 9.17) is 12.2 Å². The molecule has 0 saturated carbocycles. The molecule has 3 rings (SSSR count). The van der Waals surface area contributed by atoms with Crippen LogP contribution < -0.4 is 0 Å². The maximum absolute atomic E-state index is 13.6. The fourth-order valence-electron chi connectivity index (χ4n) is 2.29. The zero-order valence-electron chi connectivity index (χ0n) is 12.0. The van der Waals surface area contributed by atoms with E-state index in [0.29, 0.717) is 10.6 Å². The van der Waals surface area contributed by atoms with Crippen LogP contribution in [0.4, 0.5) is 4.39 Å². The van der Waals surface area contributed by atoms with E-state index in [2.05, 4.69) is 29.0 Å². The molecule has 3 aromatic rings. The fraction of sp³-hybridized carbons (Fsp3) is 0.267. The minimum absolute atomic E-state index is 0.269. The van der Waals surface area contributed by atoms with E-state index in [1.165, 1.54) is 12.1 Å². The van der Waals surface area contributed by atoms with E-state index >= 15 is 0 Å². The fourth-order valence-corrected chi connectivity index (χ4v) is 2.42. The standard InChI is InChI=1S/C15H15FN4S/c1-8(2)13-7-11(14-18-19-15(21)20(14)3)10-6-9(16)4-5-12(10)17-13/h4-8H,1-3H3,(H,19,21). The molecule has 0 saturated heterocycles. The predicted octanol–water partition coefficient (Wildman–Crippen LogP) is 3.96. The molecule has 0 spiro atoms. The monoisotopic (exact) mass is 302 g/mol. The van der Waals surface area contributed by atoms with Gasteiger partial charge in [-0.3, -0.25) is 10.1 Å². The molecule has 0 fully saturated rings. The van der Waals surface area contributed by atoms with Crippen LogP contribution in [-0.2, 0) is 7.05 Å². The molecule has 4 nitrogen and oxygen atoms in total. The van der Waals surface area contributed by atoms with Crippen molar-refractivity contribution in [1.29, 1.82) is 0 Å². The molecule has 0 aliphatic carbocycles. The summed E-state index contributed by atoms with van der Waals surface area (Å²) in [4.78, 5) is 4.60. The minimum Gasteiger partial charge on any atom is -0.303 e. The Balaban J connectivity index is 2.40. The van der Waals surface area contributed by atoms with Crippen LogP contribution in [0.15, 0.2) is 24.3 Å². The number of rotatable bonds is 2. The highest BCUT2D eigenvalue weighted by atomic mass is 32.1. The lowest BCUT2D eigenvalue weighted by Gasteiger charge is -2.11. The van der Waals surface area contributed by atoms with Gasteiger partial charge in [0, 0.05) is 23.7 Å². The third-order valence-electron chi connectivity index (χ3n) is 3.50. The van der Waals surface area contributed by atoms with Crippen molar-refractivity contribution in [3.8, 4) is 11.4 Å². The first-order valence-electron chi connectivity index (χ1n) is 6.69. The number of benzene rings is 1. The highest BCUT2D eigenvalue weighted by molar-refractivity contribution is 7.71. The Morgan fingerprint density at radius 3 is 2.67 bits per heavy atom. The zero-order chi connectivity index (χ0) is 15.1. The van der Waals surface area contributed by atoms with Gasteiger partial charge in [-0.15, -0.1) is 0 Å². The summed E-state index contributed by atoms with van der Waals surface area (Å²) in [5.74, 6) is 0.657. The largest absolute Gasteiger partial charge is 0.303 e. The molecule has 0 unspecified atom stereocenters. The summed E-state index contributed by atoms with van der Waals surface area (Å²) in [6.07, 6.45) is 0. The first-order chi connectivity index (χ1) is 9.97. The average molecular weight is 302 g/mol. The highest BCUT2D eigenvalue weighted by Crippen LogP contribution is 2.29. The van der Waals surface area contributed by atoms with Crippen LogP contribution in [0.3, 0.4) is 0 Å². The van der Waals surface area contributed by atoms with Gasteiger partial charge in [-0.2, -0.15) is 5.10 Å². The van der Waals surface area contributed by atoms with Crippen LogP contribution in [0.5, 0.6) is 0 Å². The summed E-state index contributed by atoms with van der Waals surface area (Å²) in [6, 6.07) is 6.56. The van der Waals surface area contributed by atoms with Crippen molar-refractivity contribution in [2.24, 2.45) is 7.05 Å². The molecular weight excluding hydrogens is 287 g/mol. The van der Waals surface area contributed by atoms with Gasteiger partial charge in [0.1, 0.15) is 5.82 Å². The van der Waals surface area contributed by atoms with Crippen LogP contribution in [0, 0.1) is 10.6 Å². The van der Waals surface area contributed by atoms with Crippen molar-refractivity contribution in [3.05, 3.63) is 40.5 Å². The summed E-state index contributed by atoms with van der Waals surface area (Å²) in [6.45, 7) is 4.15. The first-order valence-corrected chi connectivity index (χ1v) is 7.10. The molecule has 0 radical (unpaired) electrons. The maximum atomic E-state index is 13.6. The summed E-state index contributed by atoms with van der Waals surface area (Å²) in [5.41, 5.74) is 2.53. The number of pyridine rings is 1. The van der Waals surface area contributed by atoms with Gasteiger partial charge in [-0.1, -0.05) is 13.8 Å². The van der Waals surface area contributed by atoms with Gasteiger partial charge in [0.05, 0.1) is 5.52 Å². The molecule has 1 aromatic carbocycles. The molecule has 0 bridgehead atoms. The second-order valence-electron chi connectivity index (χ2n) is 5.32. The molecule has 21 heavy (non-hydrogen) atoms. The van der Waals surface area contributed by atoms with E-state index in [-0.39, 0.29) is 11.7 Å². The van der Waals surface area contributed by atoms with E-state index in [0.717, 1.165) is 22.2 Å². The van der Waals surface area contributed by atoms with Crippen LogP contribution >= 0.6 is 12.2 Å². The van der Waals surface area contributed by atoms with Crippen LogP contribution in [-0.4, -0.2) is 19.7 Å². The number of aromatic amines is 1. The van der Waals surface area contributed by atoms with Crippen molar-refractivity contribution in [1.82, 2.24) is 19.7 Å². The number of halogens is 1. The van der Waals surface area contributed by atoms with Crippen LogP contribution in [0.2, 0.25) is 0 Å². The second-order valence-corrected chi connectivity index (χ2v) is 5.71. The molecular formula is C15H15FN4S. The first kappa shape index (κ1) is 13.9. The third-order valence-corrected chi connectivity index (χ3v) is 3.87. The average Bonchev–Trinajstić information content (AvgIpc) is 2.78. The van der Waals surface area contributed by atoms with Crippen molar-refractivity contribution in [3.63, 3.8) is 0 Å². The van der Waals surface area contributed by atoms with E-state index < -0.39 is 0 Å². The molecule has 0 atom stereocenters. The zero-order valence-corrected chi connectivity index (χ0v) is 12.8. The molecule has 2 heterocycles. The molecule has 0 aliphatic heterocycles. The van der Waals surface area contributed by atoms with Gasteiger partial charge in [0.2, 0.25) is 0 Å². The number of nitrogens with one attached hydrogen (secondary N) is 1. The number of nitrogens with zero attached hydrogens (tertiary/aromatic N) is 3. The van der Waals surface area contributed by atoms with E-state index in [9.17, 15) is 4.39 Å². The summed E-state index contributed by atoms with van der Waals surface area (Å²) < 4.78 is 15.9. The van der Waals surface area contributed by atoms with Gasteiger partial charge in [0.15, 0.2) is 10.6 Å². The van der Waals surface area contributed by atoms with E-state index in [1.807, 2.05) is 13.1 Å². The lowest BCUT2D eigenvalue weighted by atomic mass is 10.0. The number of hydrogen-bond donors (Lipinski definition) is 1. The smallest absolute Gasteiger partial charge is 0.195 e. The Morgan fingerprint density at radius 1 is 1.29 bits per heavy atom. The lowest BCUT2D eigenvalue weighted by molar-refractivity contribution is 0.629. The Bertz CT molecular complexity index is 879. The Labute approximate surface area is 126 Å². The third kappa shape index (κ3) is 2.35. The Hall–Kier alpha value is -2.08. The number of H-pyrrole nitrogens is 1. The highest BCUT2D eigenvalue weighted by Gasteiger charge is 2.14. The number of fused-ring (bicyclic) bond motifs is 1. The summed E-state index contributed by atoms with van der Waals surface area (Å²) in [5, 5.41) is 7.76. The maximum Gasteiger partial charge on any atom is 0.195 e. The van der Waals surface area contributed by atoms with Crippen molar-refractivity contribution < 1.29 is 4.39 Å². The quantitative estimate of drug-likeness (QED) is 0.729. The normalized spacial score (nSPS) is 11.5. The lowest BCUT2D eigenvalue weighted by Crippen LogP contribution is -1.99. The van der Waals surface area contributed by atoms with Crippen LogP contribution in [0.1, 0.15) is 25.5 Å². The molecule has 2 aromatic heterocycles. The van der Waals surface area contributed by atoms with Crippen molar-refractivity contribution >= 4 is 23.1 Å². The Morgan fingerprint density at radius 2 is 2.05 bits per heavy atom. The van der Waals surface area contributed by atoms with E-state index in [1.54, 1.807) is 10.6 Å². The second kappa shape index (κ2) is 5.04. The number of hydrogen-bond acceptors (Lipinski definition) is 3. The molecule has 0 amide bonds. The van der Waals surface area contributed by atoms with Gasteiger partial charge in [0.25, 0.3) is 0 Å². The topological polar surface area (TPSA) is 46.5 Å². The van der Waals surface area contributed by atoms with Gasteiger partial charge < -0.3 is 4.57 Å².